The number of carbonyl (C=O) groups excluding carboxylic acids is 2. The first-order chi connectivity index (χ1) is 12.3. The van der Waals surface area contributed by atoms with Crippen molar-refractivity contribution in [2.24, 2.45) is 0 Å². The first kappa shape index (κ1) is 20.0. The van der Waals surface area contributed by atoms with Crippen molar-refractivity contribution in [3.05, 3.63) is 69.7 Å². The van der Waals surface area contributed by atoms with E-state index < -0.39 is 0 Å². The van der Waals surface area contributed by atoms with E-state index >= 15 is 0 Å². The van der Waals surface area contributed by atoms with E-state index in [1.807, 2.05) is 26.0 Å². The van der Waals surface area contributed by atoms with Crippen LogP contribution in [0.5, 0.6) is 0 Å². The predicted molar refractivity (Wildman–Crippen MR) is 108 cm³/mol. The van der Waals surface area contributed by atoms with Gasteiger partial charge in [0, 0.05) is 17.8 Å². The Hall–Kier alpha value is -2.30. The zero-order valence-electron chi connectivity index (χ0n) is 14.6. The molecule has 0 saturated carbocycles. The number of halogens is 2. The Morgan fingerprint density at radius 2 is 1.73 bits per heavy atom. The van der Waals surface area contributed by atoms with E-state index in [9.17, 15) is 9.59 Å². The third kappa shape index (κ3) is 6.54. The molecular formula is C20H20Cl2N2O2. The molecule has 0 aliphatic rings. The highest BCUT2D eigenvalue weighted by molar-refractivity contribution is 6.42. The van der Waals surface area contributed by atoms with Crippen LogP contribution in [0.4, 0.5) is 5.69 Å². The average Bonchev–Trinajstić information content (AvgIpc) is 2.57. The third-order valence-electron chi connectivity index (χ3n) is 3.41. The summed E-state index contributed by atoms with van der Waals surface area (Å²) >= 11 is 11.8. The van der Waals surface area contributed by atoms with Gasteiger partial charge in [-0.3, -0.25) is 9.59 Å². The molecular weight excluding hydrogens is 371 g/mol. The van der Waals surface area contributed by atoms with Crippen LogP contribution in [-0.2, 0) is 16.0 Å². The monoisotopic (exact) mass is 390 g/mol. The van der Waals surface area contributed by atoms with Crippen molar-refractivity contribution in [1.29, 1.82) is 0 Å². The highest BCUT2D eigenvalue weighted by Crippen LogP contribution is 2.23. The maximum absolute atomic E-state index is 12.0. The zero-order chi connectivity index (χ0) is 19.1. The van der Waals surface area contributed by atoms with Crippen LogP contribution < -0.4 is 10.6 Å². The Kier molecular flexibility index (Phi) is 7.25. The molecule has 2 aromatic rings. The molecule has 136 valence electrons. The van der Waals surface area contributed by atoms with Gasteiger partial charge in [0.25, 0.3) is 0 Å². The van der Waals surface area contributed by atoms with Gasteiger partial charge < -0.3 is 10.6 Å². The molecule has 6 heteroatoms. The molecule has 0 unspecified atom stereocenters. The smallest absolute Gasteiger partial charge is 0.248 e. The first-order valence-corrected chi connectivity index (χ1v) is 8.91. The maximum Gasteiger partial charge on any atom is 0.248 e. The van der Waals surface area contributed by atoms with E-state index in [1.54, 1.807) is 36.4 Å². The second kappa shape index (κ2) is 9.41. The Balaban J connectivity index is 1.91. The summed E-state index contributed by atoms with van der Waals surface area (Å²) in [4.78, 5) is 23.7. The standard InChI is InChI=1S/C20H20Cl2N2O2/c1-13(2)23-20(26)12-15-3-7-16(8-4-15)24-19(25)10-6-14-5-9-17(21)18(22)11-14/h3-11,13H,12H2,1-2H3,(H,23,26)(H,24,25)/b10-6+. The second-order valence-electron chi connectivity index (χ2n) is 6.09. The number of carbonyl (C=O) groups is 2. The van der Waals surface area contributed by atoms with Gasteiger partial charge in [0.15, 0.2) is 0 Å². The molecule has 26 heavy (non-hydrogen) atoms. The molecule has 0 radical (unpaired) electrons. The summed E-state index contributed by atoms with van der Waals surface area (Å²) in [6.07, 6.45) is 3.38. The Morgan fingerprint density at radius 1 is 1.04 bits per heavy atom. The lowest BCUT2D eigenvalue weighted by atomic mass is 10.1. The van der Waals surface area contributed by atoms with Gasteiger partial charge in [-0.15, -0.1) is 0 Å². The van der Waals surface area contributed by atoms with Gasteiger partial charge in [0.2, 0.25) is 11.8 Å². The molecule has 0 spiro atoms. The van der Waals surface area contributed by atoms with Crippen molar-refractivity contribution in [2.75, 3.05) is 5.32 Å². The maximum atomic E-state index is 12.0. The van der Waals surface area contributed by atoms with Gasteiger partial charge in [-0.1, -0.05) is 41.4 Å². The SMILES string of the molecule is CC(C)NC(=O)Cc1ccc(NC(=O)/C=C/c2ccc(Cl)c(Cl)c2)cc1. The zero-order valence-corrected chi connectivity index (χ0v) is 16.1. The van der Waals surface area contributed by atoms with Crippen LogP contribution in [0.2, 0.25) is 10.0 Å². The minimum absolute atomic E-state index is 0.0265. The van der Waals surface area contributed by atoms with E-state index in [-0.39, 0.29) is 17.9 Å². The fourth-order valence-corrected chi connectivity index (χ4v) is 2.54. The highest BCUT2D eigenvalue weighted by Gasteiger charge is 2.05. The summed E-state index contributed by atoms with van der Waals surface area (Å²) in [5, 5.41) is 6.51. The van der Waals surface area contributed by atoms with Gasteiger partial charge in [0.1, 0.15) is 0 Å². The first-order valence-electron chi connectivity index (χ1n) is 8.16. The molecule has 0 fully saturated rings. The number of anilines is 1. The van der Waals surface area contributed by atoms with E-state index in [4.69, 9.17) is 23.2 Å². The number of hydrogen-bond donors (Lipinski definition) is 2. The largest absolute Gasteiger partial charge is 0.354 e. The number of rotatable bonds is 6. The summed E-state index contributed by atoms with van der Waals surface area (Å²) in [5.74, 6) is -0.289. The minimum Gasteiger partial charge on any atom is -0.354 e. The minimum atomic E-state index is -0.263. The molecule has 2 N–H and O–H groups in total. The molecule has 2 aromatic carbocycles. The lowest BCUT2D eigenvalue weighted by molar-refractivity contribution is -0.121. The number of amides is 2. The van der Waals surface area contributed by atoms with Gasteiger partial charge in [0.05, 0.1) is 16.5 Å². The van der Waals surface area contributed by atoms with Crippen molar-refractivity contribution in [1.82, 2.24) is 5.32 Å². The van der Waals surface area contributed by atoms with Crippen molar-refractivity contribution >= 4 is 46.8 Å². The molecule has 0 atom stereocenters. The lowest BCUT2D eigenvalue weighted by Crippen LogP contribution is -2.31. The molecule has 0 saturated heterocycles. The van der Waals surface area contributed by atoms with E-state index in [1.165, 1.54) is 6.08 Å². The van der Waals surface area contributed by atoms with Gasteiger partial charge in [-0.25, -0.2) is 0 Å². The normalized spacial score (nSPS) is 11.0. The van der Waals surface area contributed by atoms with E-state index in [0.717, 1.165) is 11.1 Å². The number of nitrogens with one attached hydrogen (secondary N) is 2. The predicted octanol–water partition coefficient (Wildman–Crippen LogP) is 4.71. The quantitative estimate of drug-likeness (QED) is 0.701. The average molecular weight is 391 g/mol. The number of benzene rings is 2. The van der Waals surface area contributed by atoms with Gasteiger partial charge >= 0.3 is 0 Å². The van der Waals surface area contributed by atoms with Crippen molar-refractivity contribution < 1.29 is 9.59 Å². The Labute approximate surface area is 163 Å². The fraction of sp³-hybridized carbons (Fsp3) is 0.200. The van der Waals surface area contributed by atoms with Crippen molar-refractivity contribution in [3.8, 4) is 0 Å². The summed E-state index contributed by atoms with van der Waals surface area (Å²) in [7, 11) is 0. The third-order valence-corrected chi connectivity index (χ3v) is 4.15. The topological polar surface area (TPSA) is 58.2 Å². The summed E-state index contributed by atoms with van der Waals surface area (Å²) in [6.45, 7) is 3.84. The summed E-state index contributed by atoms with van der Waals surface area (Å²) in [6, 6.07) is 12.4. The summed E-state index contributed by atoms with van der Waals surface area (Å²) < 4.78 is 0. The van der Waals surface area contributed by atoms with Crippen LogP contribution in [0, 0.1) is 0 Å². The van der Waals surface area contributed by atoms with Crippen molar-refractivity contribution in [3.63, 3.8) is 0 Å². The van der Waals surface area contributed by atoms with Crippen LogP contribution in [-0.4, -0.2) is 17.9 Å². The van der Waals surface area contributed by atoms with Crippen LogP contribution >= 0.6 is 23.2 Å². The Bertz CT molecular complexity index is 815. The molecule has 4 nitrogen and oxygen atoms in total. The molecule has 0 heterocycles. The molecule has 2 amide bonds. The van der Waals surface area contributed by atoms with E-state index in [2.05, 4.69) is 10.6 Å². The molecule has 2 rings (SSSR count). The molecule has 0 bridgehead atoms. The van der Waals surface area contributed by atoms with Gasteiger partial charge in [-0.05, 0) is 55.3 Å². The van der Waals surface area contributed by atoms with Crippen molar-refractivity contribution in [2.45, 2.75) is 26.3 Å². The Morgan fingerprint density at radius 3 is 2.35 bits per heavy atom. The van der Waals surface area contributed by atoms with Crippen LogP contribution in [0.25, 0.3) is 6.08 Å². The van der Waals surface area contributed by atoms with Gasteiger partial charge in [-0.2, -0.15) is 0 Å². The molecule has 0 aromatic heterocycles. The highest BCUT2D eigenvalue weighted by atomic mass is 35.5. The van der Waals surface area contributed by atoms with E-state index in [0.29, 0.717) is 22.2 Å². The van der Waals surface area contributed by atoms with Crippen LogP contribution in [0.15, 0.2) is 48.5 Å². The van der Waals surface area contributed by atoms with Crippen LogP contribution in [0.3, 0.4) is 0 Å². The molecule has 0 aliphatic carbocycles. The second-order valence-corrected chi connectivity index (χ2v) is 6.91. The lowest BCUT2D eigenvalue weighted by Gasteiger charge is -2.08. The molecule has 0 aliphatic heterocycles. The van der Waals surface area contributed by atoms with Crippen LogP contribution in [0.1, 0.15) is 25.0 Å². The summed E-state index contributed by atoms with van der Waals surface area (Å²) in [5.41, 5.74) is 2.32. The number of hydrogen-bond acceptors (Lipinski definition) is 2. The fourth-order valence-electron chi connectivity index (χ4n) is 2.24.